The van der Waals surface area contributed by atoms with E-state index >= 15 is 0 Å². The highest BCUT2D eigenvalue weighted by atomic mass is 35.5. The summed E-state index contributed by atoms with van der Waals surface area (Å²) in [5.41, 5.74) is 5.91. The van der Waals surface area contributed by atoms with Crippen molar-refractivity contribution in [3.05, 3.63) is 23.2 Å². The Hall–Kier alpha value is -0.780. The molecule has 1 rings (SSSR count). The molecule has 0 unspecified atom stereocenters. The van der Waals surface area contributed by atoms with Crippen LogP contribution in [0.5, 0.6) is 0 Å². The average Bonchev–Trinajstić information content (AvgIpc) is 2.20. The first kappa shape index (κ1) is 14.3. The first-order valence-electron chi connectivity index (χ1n) is 5.25. The van der Waals surface area contributed by atoms with Crippen LogP contribution in [-0.4, -0.2) is 39.7 Å². The number of nitrogens with two attached hydrogens (primary N) is 1. The minimum Gasteiger partial charge on any atom is -0.398 e. The number of hydrogen-bond acceptors (Lipinski definition) is 4. The number of halogens is 1. The van der Waals surface area contributed by atoms with Crippen molar-refractivity contribution in [2.75, 3.05) is 32.1 Å². The summed E-state index contributed by atoms with van der Waals surface area (Å²) in [7, 11) is 0.461. The van der Waals surface area contributed by atoms with Gasteiger partial charge in [0, 0.05) is 5.02 Å². The van der Waals surface area contributed by atoms with Crippen molar-refractivity contribution in [3.63, 3.8) is 0 Å². The Balaban J connectivity index is 2.86. The zero-order valence-electron chi connectivity index (χ0n) is 9.98. The summed E-state index contributed by atoms with van der Waals surface area (Å²) < 4.78 is 24.1. The van der Waals surface area contributed by atoms with Crippen LogP contribution in [0, 0.1) is 0 Å². The van der Waals surface area contributed by atoms with Crippen LogP contribution in [0.3, 0.4) is 0 Å². The summed E-state index contributed by atoms with van der Waals surface area (Å²) in [6, 6.07) is 4.50. The van der Waals surface area contributed by atoms with Gasteiger partial charge in [-0.3, -0.25) is 0 Å². The van der Waals surface area contributed by atoms with E-state index in [-0.39, 0.29) is 16.3 Å². The minimum absolute atomic E-state index is 0.0791. The Morgan fingerprint density at radius 3 is 2.59 bits per heavy atom. The van der Waals surface area contributed by atoms with Crippen LogP contribution in [0.1, 0.15) is 6.42 Å². The lowest BCUT2D eigenvalue weighted by Crippen LogP contribution is -2.17. The molecule has 96 valence electrons. The molecule has 0 heterocycles. The molecule has 0 aliphatic heterocycles. The molecule has 0 aromatic heterocycles. The van der Waals surface area contributed by atoms with E-state index in [9.17, 15) is 8.42 Å². The number of nitrogen functional groups attached to an aromatic ring is 1. The molecule has 0 amide bonds. The second kappa shape index (κ2) is 5.71. The van der Waals surface area contributed by atoms with E-state index in [4.69, 9.17) is 17.3 Å². The van der Waals surface area contributed by atoms with E-state index in [1.807, 2.05) is 19.0 Å². The van der Waals surface area contributed by atoms with Gasteiger partial charge < -0.3 is 10.6 Å². The first-order valence-corrected chi connectivity index (χ1v) is 7.28. The number of nitrogens with zero attached hydrogens (tertiary/aromatic N) is 1. The van der Waals surface area contributed by atoms with Gasteiger partial charge in [0.2, 0.25) is 0 Å². The van der Waals surface area contributed by atoms with Crippen molar-refractivity contribution in [2.24, 2.45) is 0 Å². The molecule has 2 N–H and O–H groups in total. The highest BCUT2D eigenvalue weighted by Crippen LogP contribution is 2.24. The fraction of sp³-hybridized carbons (Fsp3) is 0.455. The molecule has 0 saturated heterocycles. The third-order valence-corrected chi connectivity index (χ3v) is 4.41. The smallest absolute Gasteiger partial charge is 0.180 e. The number of anilines is 1. The molecular weight excluding hydrogens is 260 g/mol. The first-order chi connectivity index (χ1) is 7.83. The number of hydrogen-bond donors (Lipinski definition) is 1. The Morgan fingerprint density at radius 1 is 1.35 bits per heavy atom. The summed E-state index contributed by atoms with van der Waals surface area (Å²) in [6.45, 7) is 0.722. The standard InChI is InChI=1S/C11H17ClN2O2S/c1-14(2)6-3-7-17(15,16)11-8-9(12)4-5-10(11)13/h4-5,8H,3,6-7,13H2,1-2H3. The Kier molecular flexibility index (Phi) is 4.80. The van der Waals surface area contributed by atoms with Crippen molar-refractivity contribution in [1.29, 1.82) is 0 Å². The van der Waals surface area contributed by atoms with Crippen LogP contribution in [0.15, 0.2) is 23.1 Å². The topological polar surface area (TPSA) is 63.4 Å². The molecular formula is C11H17ClN2O2S. The quantitative estimate of drug-likeness (QED) is 0.831. The molecule has 0 saturated carbocycles. The van der Waals surface area contributed by atoms with Crippen LogP contribution >= 0.6 is 11.6 Å². The number of rotatable bonds is 5. The SMILES string of the molecule is CN(C)CCCS(=O)(=O)c1cc(Cl)ccc1N. The van der Waals surface area contributed by atoms with Crippen molar-refractivity contribution < 1.29 is 8.42 Å². The van der Waals surface area contributed by atoms with Crippen molar-refractivity contribution in [1.82, 2.24) is 4.90 Å². The Morgan fingerprint density at radius 2 is 2.00 bits per heavy atom. The number of sulfone groups is 1. The van der Waals surface area contributed by atoms with Gasteiger partial charge in [-0.25, -0.2) is 8.42 Å². The predicted octanol–water partition coefficient (Wildman–Crippen LogP) is 1.65. The van der Waals surface area contributed by atoms with Crippen molar-refractivity contribution in [2.45, 2.75) is 11.3 Å². The van der Waals surface area contributed by atoms with E-state index in [1.165, 1.54) is 12.1 Å². The molecule has 6 heteroatoms. The van der Waals surface area contributed by atoms with Gasteiger partial charge in [-0.05, 0) is 45.3 Å². The molecule has 0 bridgehead atoms. The summed E-state index contributed by atoms with van der Waals surface area (Å²) in [4.78, 5) is 2.07. The van der Waals surface area contributed by atoms with Crippen molar-refractivity contribution >= 4 is 27.1 Å². The number of benzene rings is 1. The van der Waals surface area contributed by atoms with E-state index in [0.29, 0.717) is 11.4 Å². The zero-order chi connectivity index (χ0) is 13.1. The van der Waals surface area contributed by atoms with Gasteiger partial charge in [-0.15, -0.1) is 0 Å². The third kappa shape index (κ3) is 4.18. The van der Waals surface area contributed by atoms with Gasteiger partial charge in [-0.2, -0.15) is 0 Å². The molecule has 0 spiro atoms. The van der Waals surface area contributed by atoms with Crippen molar-refractivity contribution in [3.8, 4) is 0 Å². The minimum atomic E-state index is -3.35. The fourth-order valence-electron chi connectivity index (χ4n) is 1.46. The monoisotopic (exact) mass is 276 g/mol. The van der Waals surface area contributed by atoms with Gasteiger partial charge in [-0.1, -0.05) is 11.6 Å². The molecule has 1 aromatic rings. The summed E-state index contributed by atoms with van der Waals surface area (Å²) >= 11 is 5.78. The van der Waals surface area contributed by atoms with E-state index in [2.05, 4.69) is 0 Å². The van der Waals surface area contributed by atoms with Gasteiger partial charge in [0.1, 0.15) is 0 Å². The predicted molar refractivity (Wildman–Crippen MR) is 71.1 cm³/mol. The third-order valence-electron chi connectivity index (χ3n) is 2.33. The average molecular weight is 277 g/mol. The molecule has 0 fully saturated rings. The molecule has 0 atom stereocenters. The second-order valence-corrected chi connectivity index (χ2v) is 6.67. The second-order valence-electron chi connectivity index (χ2n) is 4.16. The van der Waals surface area contributed by atoms with Gasteiger partial charge in [0.15, 0.2) is 9.84 Å². The van der Waals surface area contributed by atoms with Crippen LogP contribution in [0.2, 0.25) is 5.02 Å². The molecule has 1 aromatic carbocycles. The molecule has 0 aliphatic carbocycles. The lowest BCUT2D eigenvalue weighted by atomic mass is 10.3. The van der Waals surface area contributed by atoms with Crippen LogP contribution in [0.25, 0.3) is 0 Å². The van der Waals surface area contributed by atoms with E-state index in [0.717, 1.165) is 6.54 Å². The lowest BCUT2D eigenvalue weighted by Gasteiger charge is -2.11. The summed E-state index contributed by atoms with van der Waals surface area (Å²) in [6.07, 6.45) is 0.571. The van der Waals surface area contributed by atoms with Crippen LogP contribution in [0.4, 0.5) is 5.69 Å². The maximum atomic E-state index is 12.0. The summed E-state index contributed by atoms with van der Waals surface area (Å²) in [5.74, 6) is 0.0791. The van der Waals surface area contributed by atoms with E-state index < -0.39 is 9.84 Å². The molecule has 17 heavy (non-hydrogen) atoms. The highest BCUT2D eigenvalue weighted by molar-refractivity contribution is 7.91. The Labute approximate surface area is 107 Å². The maximum absolute atomic E-state index is 12.0. The highest BCUT2D eigenvalue weighted by Gasteiger charge is 2.17. The zero-order valence-corrected chi connectivity index (χ0v) is 11.6. The van der Waals surface area contributed by atoms with Crippen LogP contribution < -0.4 is 5.73 Å². The normalized spacial score (nSPS) is 12.0. The Bertz CT molecular complexity index is 486. The van der Waals surface area contributed by atoms with Crippen LogP contribution in [-0.2, 0) is 9.84 Å². The van der Waals surface area contributed by atoms with Gasteiger partial charge in [0.05, 0.1) is 16.3 Å². The lowest BCUT2D eigenvalue weighted by molar-refractivity contribution is 0.408. The maximum Gasteiger partial charge on any atom is 0.180 e. The summed E-state index contributed by atoms with van der Waals surface area (Å²) in [5, 5.41) is 0.380. The molecule has 0 aliphatic rings. The van der Waals surface area contributed by atoms with Gasteiger partial charge in [0.25, 0.3) is 0 Å². The fourth-order valence-corrected chi connectivity index (χ4v) is 3.16. The van der Waals surface area contributed by atoms with E-state index in [1.54, 1.807) is 6.07 Å². The largest absolute Gasteiger partial charge is 0.398 e. The van der Waals surface area contributed by atoms with Gasteiger partial charge >= 0.3 is 0 Å². The molecule has 0 radical (unpaired) electrons. The molecule has 4 nitrogen and oxygen atoms in total.